The fourth-order valence-corrected chi connectivity index (χ4v) is 2.36. The molecule has 134 valence electrons. The second-order valence-electron chi connectivity index (χ2n) is 4.90. The molecule has 0 saturated heterocycles. The Morgan fingerprint density at radius 1 is 0.615 bits per heavy atom. The van der Waals surface area contributed by atoms with Crippen molar-refractivity contribution < 1.29 is 46.9 Å². The molecule has 0 heterocycles. The molecule has 26 heavy (non-hydrogen) atoms. The Labute approximate surface area is 153 Å². The van der Waals surface area contributed by atoms with Crippen LogP contribution in [0.1, 0.15) is 31.7 Å². The molecule has 0 aromatic heterocycles. The van der Waals surface area contributed by atoms with Crippen LogP contribution in [-0.2, 0) is 0 Å². The van der Waals surface area contributed by atoms with Gasteiger partial charge in [0.25, 0.3) is 11.6 Å². The van der Waals surface area contributed by atoms with Gasteiger partial charge < -0.3 is 0 Å². The Hall–Kier alpha value is -2.90. The minimum absolute atomic E-state index is 1.25. The standard InChI is InChI=1S/C18H8F6O2/c19-17(20,21)15(25)13-9-5-1-2-6-10(9)14(16(26)18(22,23)24)12-8-4-3-7-11(12)13/h1-8H/i1D,2D,3D,4D,5D,6D,7D,8D. The molecule has 2 nitrogen and oxygen atoms in total. The van der Waals surface area contributed by atoms with Gasteiger partial charge in [-0.15, -0.1) is 0 Å². The molecule has 3 aromatic rings. The Balaban J connectivity index is 2.97. The van der Waals surface area contributed by atoms with Gasteiger partial charge in [0.2, 0.25) is 0 Å². The summed E-state index contributed by atoms with van der Waals surface area (Å²) in [7, 11) is 0. The van der Waals surface area contributed by atoms with Crippen molar-refractivity contribution in [3.8, 4) is 0 Å². The van der Waals surface area contributed by atoms with Crippen LogP contribution in [0.25, 0.3) is 21.5 Å². The molecule has 0 aliphatic carbocycles. The lowest BCUT2D eigenvalue weighted by molar-refractivity contribution is -0.0887. The molecule has 8 heteroatoms. The minimum Gasteiger partial charge on any atom is -0.284 e. The normalized spacial score (nSPS) is 16.8. The van der Waals surface area contributed by atoms with Crippen LogP contribution >= 0.6 is 0 Å². The van der Waals surface area contributed by atoms with Gasteiger partial charge in [0.05, 0.1) is 11.0 Å². The van der Waals surface area contributed by atoms with Crippen LogP contribution in [0.5, 0.6) is 0 Å². The molecule has 0 unspecified atom stereocenters. The van der Waals surface area contributed by atoms with Crippen molar-refractivity contribution in [2.45, 2.75) is 12.4 Å². The van der Waals surface area contributed by atoms with Gasteiger partial charge in [-0.25, -0.2) is 0 Å². The number of rotatable bonds is 2. The predicted octanol–water partition coefficient (Wildman–Crippen LogP) is 5.48. The number of fused-ring (bicyclic) bond motifs is 2. The Kier molecular flexibility index (Phi) is 2.31. The number of benzene rings is 3. The zero-order valence-corrected chi connectivity index (χ0v) is 12.1. The highest BCUT2D eigenvalue weighted by atomic mass is 19.4. The summed E-state index contributed by atoms with van der Waals surface area (Å²) in [5.74, 6) is -5.69. The number of ketones is 2. The number of halogens is 6. The Morgan fingerprint density at radius 2 is 0.846 bits per heavy atom. The van der Waals surface area contributed by atoms with E-state index in [1.54, 1.807) is 0 Å². The second kappa shape index (κ2) is 5.82. The number of carbonyl (C=O) groups is 2. The molecular weight excluding hydrogens is 362 g/mol. The van der Waals surface area contributed by atoms with Gasteiger partial charge in [-0.2, -0.15) is 26.3 Å². The lowest BCUT2D eigenvalue weighted by atomic mass is 9.88. The SMILES string of the molecule is [2H]c1c([2H])c([2H])c2c(C(=O)C(F)(F)F)c3c([2H])c([2H])c([2H])c([2H])c3c(C(=O)C(F)(F)F)c2c1[2H]. The topological polar surface area (TPSA) is 34.1 Å². The van der Waals surface area contributed by atoms with Gasteiger partial charge in [0, 0.05) is 11.1 Å². The van der Waals surface area contributed by atoms with Crippen LogP contribution < -0.4 is 0 Å². The van der Waals surface area contributed by atoms with Crippen LogP contribution in [0.15, 0.2) is 48.3 Å². The average molecular weight is 378 g/mol. The minimum atomic E-state index is -5.78. The first kappa shape index (κ1) is 10.3. The summed E-state index contributed by atoms with van der Waals surface area (Å²) in [4.78, 5) is 24.7. The summed E-state index contributed by atoms with van der Waals surface area (Å²) < 4.78 is 144. The van der Waals surface area contributed by atoms with Crippen LogP contribution in [0.2, 0.25) is 0 Å². The highest BCUT2D eigenvalue weighted by Crippen LogP contribution is 2.38. The third kappa shape index (κ3) is 2.81. The molecule has 3 aromatic carbocycles. The van der Waals surface area contributed by atoms with Crippen LogP contribution in [0.4, 0.5) is 26.3 Å². The van der Waals surface area contributed by atoms with Crippen molar-refractivity contribution in [2.24, 2.45) is 0 Å². The van der Waals surface area contributed by atoms with Crippen molar-refractivity contribution in [2.75, 3.05) is 0 Å². The van der Waals surface area contributed by atoms with Gasteiger partial charge in [-0.1, -0.05) is 48.3 Å². The number of alkyl halides is 6. The maximum Gasteiger partial charge on any atom is 0.454 e. The first-order valence-corrected chi connectivity index (χ1v) is 6.54. The summed E-state index contributed by atoms with van der Waals surface area (Å²) in [6.07, 6.45) is -11.6. The lowest BCUT2D eigenvalue weighted by Gasteiger charge is -2.17. The third-order valence-corrected chi connectivity index (χ3v) is 3.34. The molecule has 3 rings (SSSR count). The van der Waals surface area contributed by atoms with Crippen LogP contribution in [0, 0.1) is 0 Å². The van der Waals surface area contributed by atoms with E-state index in [1.807, 2.05) is 0 Å². The molecule has 0 aliphatic heterocycles. The molecule has 0 fully saturated rings. The van der Waals surface area contributed by atoms with Crippen molar-refractivity contribution in [3.63, 3.8) is 0 Å². The smallest absolute Gasteiger partial charge is 0.284 e. The number of hydrogen-bond donors (Lipinski definition) is 0. The highest BCUT2D eigenvalue weighted by Gasteiger charge is 2.44. The fourth-order valence-electron chi connectivity index (χ4n) is 2.36. The molecule has 0 bridgehead atoms. The van der Waals surface area contributed by atoms with Gasteiger partial charge >= 0.3 is 12.4 Å². The first-order valence-electron chi connectivity index (χ1n) is 10.5. The summed E-state index contributed by atoms with van der Waals surface area (Å²) in [5, 5.41) is -5.73. The van der Waals surface area contributed by atoms with Crippen molar-refractivity contribution in [1.82, 2.24) is 0 Å². The maximum atomic E-state index is 13.5. The lowest BCUT2D eigenvalue weighted by Crippen LogP contribution is -2.26. The molecule has 0 N–H and O–H groups in total. The Bertz CT molecular complexity index is 1260. The van der Waals surface area contributed by atoms with E-state index < -0.39 is 105 Å². The first-order chi connectivity index (χ1) is 15.4. The van der Waals surface area contributed by atoms with E-state index in [1.165, 1.54) is 0 Å². The molecule has 0 amide bonds. The van der Waals surface area contributed by atoms with E-state index >= 15 is 0 Å². The van der Waals surface area contributed by atoms with Crippen molar-refractivity contribution in [1.29, 1.82) is 0 Å². The number of carbonyl (C=O) groups excluding carboxylic acids is 2. The van der Waals surface area contributed by atoms with E-state index in [2.05, 4.69) is 0 Å². The average Bonchev–Trinajstić information content (AvgIpc) is 2.74. The number of Topliss-reactive ketones (excluding diaryl/α,β-unsaturated/α-hetero) is 2. The summed E-state index contributed by atoms with van der Waals surface area (Å²) >= 11 is 0. The summed E-state index contributed by atoms with van der Waals surface area (Å²) in [6.45, 7) is 0. The largest absolute Gasteiger partial charge is 0.454 e. The zero-order chi connectivity index (χ0) is 26.2. The molecule has 0 saturated carbocycles. The third-order valence-electron chi connectivity index (χ3n) is 3.34. The zero-order valence-electron chi connectivity index (χ0n) is 20.1. The van der Waals surface area contributed by atoms with E-state index in [4.69, 9.17) is 11.0 Å². The van der Waals surface area contributed by atoms with Crippen LogP contribution in [-0.4, -0.2) is 23.9 Å². The van der Waals surface area contributed by atoms with Crippen LogP contribution in [0.3, 0.4) is 0 Å². The number of hydrogen-bond acceptors (Lipinski definition) is 2. The van der Waals surface area contributed by atoms with Crippen molar-refractivity contribution in [3.05, 3.63) is 59.5 Å². The van der Waals surface area contributed by atoms with E-state index in [0.717, 1.165) is 0 Å². The monoisotopic (exact) mass is 378 g/mol. The van der Waals surface area contributed by atoms with E-state index in [-0.39, 0.29) is 0 Å². The molecule has 0 radical (unpaired) electrons. The van der Waals surface area contributed by atoms with Gasteiger partial charge in [-0.05, 0) is 21.5 Å². The van der Waals surface area contributed by atoms with Gasteiger partial charge in [-0.3, -0.25) is 9.59 Å². The van der Waals surface area contributed by atoms with Gasteiger partial charge in [0.15, 0.2) is 0 Å². The Morgan fingerprint density at radius 3 is 1.04 bits per heavy atom. The quantitative estimate of drug-likeness (QED) is 0.336. The molecule has 0 atom stereocenters. The summed E-state index contributed by atoms with van der Waals surface area (Å²) in [5.41, 5.74) is -3.45. The molecule has 0 spiro atoms. The maximum absolute atomic E-state index is 13.5. The van der Waals surface area contributed by atoms with Gasteiger partial charge in [0.1, 0.15) is 0 Å². The predicted molar refractivity (Wildman–Crippen MR) is 82.2 cm³/mol. The van der Waals surface area contributed by atoms with E-state index in [0.29, 0.717) is 0 Å². The van der Waals surface area contributed by atoms with E-state index in [9.17, 15) is 35.9 Å². The van der Waals surface area contributed by atoms with Crippen molar-refractivity contribution >= 4 is 33.1 Å². The summed E-state index contributed by atoms with van der Waals surface area (Å²) in [6, 6.07) is -10.6. The highest BCUT2D eigenvalue weighted by molar-refractivity contribution is 6.28. The second-order valence-corrected chi connectivity index (χ2v) is 4.90. The molecule has 0 aliphatic rings. The molecular formula is C18H8F6O2. The fraction of sp³-hybridized carbons (Fsp3) is 0.111.